The Morgan fingerprint density at radius 3 is 2.79 bits per heavy atom. The van der Waals surface area contributed by atoms with E-state index in [1.54, 1.807) is 0 Å². The zero-order valence-corrected chi connectivity index (χ0v) is 12.6. The van der Waals surface area contributed by atoms with Crippen LogP contribution in [0, 0.1) is 0 Å². The molecule has 0 aliphatic carbocycles. The molecule has 4 heteroatoms. The van der Waals surface area contributed by atoms with Gasteiger partial charge in [-0.05, 0) is 26.3 Å². The molecular formula is C15H22N2OS. The van der Waals surface area contributed by atoms with E-state index in [-0.39, 0.29) is 6.04 Å². The zero-order valence-electron chi connectivity index (χ0n) is 11.8. The number of hydrogen-bond acceptors (Lipinski definition) is 4. The summed E-state index contributed by atoms with van der Waals surface area (Å²) in [6.45, 7) is 2.83. The molecule has 0 bridgehead atoms. The van der Waals surface area contributed by atoms with E-state index >= 15 is 0 Å². The largest absolute Gasteiger partial charge is 0.464 e. The molecule has 1 heterocycles. The molecule has 0 spiro atoms. The zero-order chi connectivity index (χ0) is 13.8. The van der Waals surface area contributed by atoms with Crippen molar-refractivity contribution in [1.82, 2.24) is 4.90 Å². The molecule has 0 saturated carbocycles. The standard InChI is InChI=1S/C15H22N2OS/c1-11(10-19-3)17(2)14(8-16)13-9-18-15-7-5-4-6-12(13)15/h4-7,9,11,14H,8,10,16H2,1-3H3. The normalized spacial score (nSPS) is 15.0. The van der Waals surface area contributed by atoms with Crippen LogP contribution in [-0.2, 0) is 0 Å². The van der Waals surface area contributed by atoms with Gasteiger partial charge >= 0.3 is 0 Å². The Hall–Kier alpha value is -0.970. The van der Waals surface area contributed by atoms with E-state index < -0.39 is 0 Å². The highest BCUT2D eigenvalue weighted by Crippen LogP contribution is 2.30. The summed E-state index contributed by atoms with van der Waals surface area (Å²) < 4.78 is 5.63. The third-order valence-electron chi connectivity index (χ3n) is 3.69. The number of para-hydroxylation sites is 1. The first-order valence-electron chi connectivity index (χ1n) is 6.56. The molecule has 2 N–H and O–H groups in total. The molecule has 2 aromatic rings. The second kappa shape index (κ2) is 6.46. The average Bonchev–Trinajstić information content (AvgIpc) is 2.84. The van der Waals surface area contributed by atoms with Crippen LogP contribution in [0.4, 0.5) is 0 Å². The first-order valence-corrected chi connectivity index (χ1v) is 7.95. The van der Waals surface area contributed by atoms with Gasteiger partial charge in [-0.15, -0.1) is 0 Å². The molecule has 104 valence electrons. The van der Waals surface area contributed by atoms with E-state index in [2.05, 4.69) is 31.2 Å². The average molecular weight is 278 g/mol. The van der Waals surface area contributed by atoms with E-state index in [0.29, 0.717) is 12.6 Å². The minimum absolute atomic E-state index is 0.200. The van der Waals surface area contributed by atoms with Crippen LogP contribution in [0.25, 0.3) is 11.0 Å². The van der Waals surface area contributed by atoms with Gasteiger partial charge in [0, 0.05) is 29.3 Å². The predicted molar refractivity (Wildman–Crippen MR) is 83.6 cm³/mol. The quantitative estimate of drug-likeness (QED) is 0.881. The van der Waals surface area contributed by atoms with E-state index in [1.807, 2.05) is 36.2 Å². The number of furan rings is 1. The highest BCUT2D eigenvalue weighted by molar-refractivity contribution is 7.98. The van der Waals surface area contributed by atoms with Gasteiger partial charge < -0.3 is 10.2 Å². The second-order valence-corrected chi connectivity index (χ2v) is 5.82. The van der Waals surface area contributed by atoms with Crippen LogP contribution < -0.4 is 5.73 Å². The Labute approximate surface area is 119 Å². The Balaban J connectivity index is 2.31. The van der Waals surface area contributed by atoms with Gasteiger partial charge in [-0.3, -0.25) is 4.90 Å². The topological polar surface area (TPSA) is 42.4 Å². The molecule has 0 fully saturated rings. The van der Waals surface area contributed by atoms with Gasteiger partial charge in [0.2, 0.25) is 0 Å². The van der Waals surface area contributed by atoms with Gasteiger partial charge in [0.25, 0.3) is 0 Å². The summed E-state index contributed by atoms with van der Waals surface area (Å²) in [5.74, 6) is 1.10. The molecule has 0 saturated heterocycles. The van der Waals surface area contributed by atoms with Crippen molar-refractivity contribution in [2.45, 2.75) is 19.0 Å². The lowest BCUT2D eigenvalue weighted by molar-refractivity contribution is 0.204. The number of rotatable bonds is 6. The molecule has 0 radical (unpaired) electrons. The number of likely N-dealkylation sites (N-methyl/N-ethyl adjacent to an activating group) is 1. The molecule has 19 heavy (non-hydrogen) atoms. The number of fused-ring (bicyclic) bond motifs is 1. The molecule has 2 atom stereocenters. The summed E-state index contributed by atoms with van der Waals surface area (Å²) in [5.41, 5.74) is 8.12. The van der Waals surface area contributed by atoms with E-state index in [4.69, 9.17) is 10.2 Å². The fourth-order valence-electron chi connectivity index (χ4n) is 2.43. The molecule has 1 aromatic heterocycles. The molecule has 2 unspecified atom stereocenters. The van der Waals surface area contributed by atoms with Crippen molar-refractivity contribution < 1.29 is 4.42 Å². The van der Waals surface area contributed by atoms with Crippen molar-refractivity contribution in [3.8, 4) is 0 Å². The summed E-state index contributed by atoms with van der Waals surface area (Å²) in [4.78, 5) is 2.34. The predicted octanol–water partition coefficient (Wildman–Crippen LogP) is 3.12. The molecule has 2 rings (SSSR count). The maximum absolute atomic E-state index is 6.00. The first kappa shape index (κ1) is 14.4. The second-order valence-electron chi connectivity index (χ2n) is 4.91. The van der Waals surface area contributed by atoms with Crippen molar-refractivity contribution in [2.24, 2.45) is 5.73 Å². The minimum atomic E-state index is 0.200. The van der Waals surface area contributed by atoms with Crippen molar-refractivity contribution in [1.29, 1.82) is 0 Å². The van der Waals surface area contributed by atoms with Crippen molar-refractivity contribution in [3.05, 3.63) is 36.1 Å². The van der Waals surface area contributed by atoms with Crippen LogP contribution in [-0.4, -0.2) is 36.5 Å². The fraction of sp³-hybridized carbons (Fsp3) is 0.467. The smallest absolute Gasteiger partial charge is 0.134 e. The van der Waals surface area contributed by atoms with Crippen LogP contribution in [0.2, 0.25) is 0 Å². The number of hydrogen-bond donors (Lipinski definition) is 1. The number of benzene rings is 1. The first-order chi connectivity index (χ1) is 9.19. The minimum Gasteiger partial charge on any atom is -0.464 e. The van der Waals surface area contributed by atoms with Crippen molar-refractivity contribution in [2.75, 3.05) is 25.6 Å². The maximum atomic E-state index is 6.00. The number of nitrogens with two attached hydrogens (primary N) is 1. The Kier molecular flexibility index (Phi) is 4.91. The van der Waals surface area contributed by atoms with Gasteiger partial charge in [-0.25, -0.2) is 0 Å². The monoisotopic (exact) mass is 278 g/mol. The molecule has 3 nitrogen and oxygen atoms in total. The van der Waals surface area contributed by atoms with Crippen molar-refractivity contribution >= 4 is 22.7 Å². The lowest BCUT2D eigenvalue weighted by atomic mass is 10.0. The molecular weight excluding hydrogens is 256 g/mol. The molecule has 0 amide bonds. The van der Waals surface area contributed by atoms with E-state index in [1.165, 1.54) is 10.9 Å². The van der Waals surface area contributed by atoms with Gasteiger partial charge in [0.05, 0.1) is 12.3 Å². The highest BCUT2D eigenvalue weighted by Gasteiger charge is 2.23. The third kappa shape index (κ3) is 2.96. The Morgan fingerprint density at radius 2 is 2.11 bits per heavy atom. The van der Waals surface area contributed by atoms with Crippen LogP contribution in [0.3, 0.4) is 0 Å². The summed E-state index contributed by atoms with van der Waals surface area (Å²) >= 11 is 1.86. The van der Waals surface area contributed by atoms with Gasteiger partial charge in [-0.1, -0.05) is 18.2 Å². The van der Waals surface area contributed by atoms with Crippen LogP contribution in [0.5, 0.6) is 0 Å². The SMILES string of the molecule is CSCC(C)N(C)C(CN)c1coc2ccccc12. The lowest BCUT2D eigenvalue weighted by Gasteiger charge is -2.31. The highest BCUT2D eigenvalue weighted by atomic mass is 32.2. The molecule has 1 aromatic carbocycles. The van der Waals surface area contributed by atoms with E-state index in [9.17, 15) is 0 Å². The van der Waals surface area contributed by atoms with Crippen LogP contribution >= 0.6 is 11.8 Å². The summed E-state index contributed by atoms with van der Waals surface area (Å²) in [5, 5.41) is 1.17. The Bertz CT molecular complexity index is 526. The van der Waals surface area contributed by atoms with E-state index in [0.717, 1.165) is 11.3 Å². The van der Waals surface area contributed by atoms with Crippen LogP contribution in [0.15, 0.2) is 34.9 Å². The van der Waals surface area contributed by atoms with Gasteiger partial charge in [-0.2, -0.15) is 11.8 Å². The summed E-state index contributed by atoms with van der Waals surface area (Å²) in [6, 6.07) is 8.82. The lowest BCUT2D eigenvalue weighted by Crippen LogP contribution is -2.38. The Morgan fingerprint density at radius 1 is 1.37 bits per heavy atom. The summed E-state index contributed by atoms with van der Waals surface area (Å²) in [7, 11) is 2.14. The molecule has 0 aliphatic rings. The summed E-state index contributed by atoms with van der Waals surface area (Å²) in [6.07, 6.45) is 3.99. The fourth-order valence-corrected chi connectivity index (χ4v) is 3.15. The number of nitrogens with zero attached hydrogens (tertiary/aromatic N) is 1. The molecule has 0 aliphatic heterocycles. The van der Waals surface area contributed by atoms with Gasteiger partial charge in [0.15, 0.2) is 0 Å². The van der Waals surface area contributed by atoms with Gasteiger partial charge in [0.1, 0.15) is 5.58 Å². The van der Waals surface area contributed by atoms with Crippen LogP contribution in [0.1, 0.15) is 18.5 Å². The number of thioether (sulfide) groups is 1. The maximum Gasteiger partial charge on any atom is 0.134 e. The van der Waals surface area contributed by atoms with Crippen molar-refractivity contribution in [3.63, 3.8) is 0 Å². The third-order valence-corrected chi connectivity index (χ3v) is 4.50.